The van der Waals surface area contributed by atoms with Crippen molar-refractivity contribution in [1.82, 2.24) is 9.80 Å². The highest BCUT2D eigenvalue weighted by Crippen LogP contribution is 2.36. The number of benzene rings is 1. The minimum Gasteiger partial charge on any atom is -0.329 e. The molecule has 3 rings (SSSR count). The molecule has 2 aliphatic rings. The van der Waals surface area contributed by atoms with Crippen molar-refractivity contribution in [3.63, 3.8) is 0 Å². The van der Waals surface area contributed by atoms with Gasteiger partial charge in [-0.2, -0.15) is 0 Å². The van der Waals surface area contributed by atoms with Crippen LogP contribution in [-0.4, -0.2) is 54.6 Å². The third-order valence-corrected chi connectivity index (χ3v) is 5.74. The lowest BCUT2D eigenvalue weighted by molar-refractivity contribution is 0.0446. The number of rotatable bonds is 4. The van der Waals surface area contributed by atoms with E-state index in [0.29, 0.717) is 5.92 Å². The number of piperidine rings is 1. The van der Waals surface area contributed by atoms with Crippen LogP contribution in [-0.2, 0) is 0 Å². The SMILES string of the molecule is CCN1CCC(CN)(N2CCC(c3ccccc3)C2)CC1. The van der Waals surface area contributed by atoms with Gasteiger partial charge in [0.25, 0.3) is 0 Å². The number of hydrogen-bond acceptors (Lipinski definition) is 3. The topological polar surface area (TPSA) is 32.5 Å². The molecule has 0 radical (unpaired) electrons. The zero-order valence-electron chi connectivity index (χ0n) is 13.3. The quantitative estimate of drug-likeness (QED) is 0.922. The van der Waals surface area contributed by atoms with E-state index in [1.165, 1.54) is 57.5 Å². The molecule has 2 fully saturated rings. The average molecular weight is 287 g/mol. The highest BCUT2D eigenvalue weighted by Gasteiger charge is 2.41. The zero-order chi connectivity index (χ0) is 14.7. The standard InChI is InChI=1S/C18H29N3/c1-2-20-12-9-18(15-19,10-13-20)21-11-8-17(14-21)16-6-4-3-5-7-16/h3-7,17H,2,8-15,19H2,1H3. The summed E-state index contributed by atoms with van der Waals surface area (Å²) in [6.45, 7) is 9.06. The van der Waals surface area contributed by atoms with Crippen molar-refractivity contribution in [2.75, 3.05) is 39.3 Å². The van der Waals surface area contributed by atoms with Gasteiger partial charge in [-0.25, -0.2) is 0 Å². The monoisotopic (exact) mass is 287 g/mol. The van der Waals surface area contributed by atoms with Crippen molar-refractivity contribution in [1.29, 1.82) is 0 Å². The summed E-state index contributed by atoms with van der Waals surface area (Å²) in [6, 6.07) is 11.0. The second-order valence-corrected chi connectivity index (χ2v) is 6.71. The first-order valence-corrected chi connectivity index (χ1v) is 8.50. The number of nitrogens with zero attached hydrogens (tertiary/aromatic N) is 2. The Hall–Kier alpha value is -0.900. The summed E-state index contributed by atoms with van der Waals surface area (Å²) < 4.78 is 0. The molecule has 1 unspecified atom stereocenters. The third kappa shape index (κ3) is 3.01. The van der Waals surface area contributed by atoms with Gasteiger partial charge in [0, 0.05) is 18.6 Å². The van der Waals surface area contributed by atoms with E-state index >= 15 is 0 Å². The van der Waals surface area contributed by atoms with E-state index in [1.807, 2.05) is 0 Å². The molecule has 0 saturated carbocycles. The van der Waals surface area contributed by atoms with Crippen LogP contribution in [0.3, 0.4) is 0 Å². The van der Waals surface area contributed by atoms with Gasteiger partial charge in [-0.1, -0.05) is 37.3 Å². The lowest BCUT2D eigenvalue weighted by Gasteiger charge is -2.47. The van der Waals surface area contributed by atoms with Crippen molar-refractivity contribution in [2.24, 2.45) is 5.73 Å². The van der Waals surface area contributed by atoms with Crippen LogP contribution >= 0.6 is 0 Å². The largest absolute Gasteiger partial charge is 0.329 e. The summed E-state index contributed by atoms with van der Waals surface area (Å²) in [5.41, 5.74) is 7.99. The van der Waals surface area contributed by atoms with Gasteiger partial charge in [-0.05, 0) is 56.9 Å². The molecule has 3 nitrogen and oxygen atoms in total. The predicted molar refractivity (Wildman–Crippen MR) is 88.5 cm³/mol. The van der Waals surface area contributed by atoms with Gasteiger partial charge >= 0.3 is 0 Å². The maximum Gasteiger partial charge on any atom is 0.0356 e. The lowest BCUT2D eigenvalue weighted by atomic mass is 9.85. The van der Waals surface area contributed by atoms with Crippen molar-refractivity contribution < 1.29 is 0 Å². The summed E-state index contributed by atoms with van der Waals surface area (Å²) >= 11 is 0. The van der Waals surface area contributed by atoms with Gasteiger partial charge in [-0.15, -0.1) is 0 Å². The van der Waals surface area contributed by atoms with Crippen molar-refractivity contribution in [3.8, 4) is 0 Å². The zero-order valence-corrected chi connectivity index (χ0v) is 13.3. The Labute approximate surface area is 129 Å². The summed E-state index contributed by atoms with van der Waals surface area (Å²) in [5, 5.41) is 0. The van der Waals surface area contributed by atoms with Crippen LogP contribution < -0.4 is 5.73 Å². The Morgan fingerprint density at radius 2 is 1.86 bits per heavy atom. The van der Waals surface area contributed by atoms with Crippen LogP contribution in [0.15, 0.2) is 30.3 Å². The molecular weight excluding hydrogens is 258 g/mol. The fourth-order valence-electron chi connectivity index (χ4n) is 4.12. The van der Waals surface area contributed by atoms with Crippen LogP contribution in [0.25, 0.3) is 0 Å². The Balaban J connectivity index is 1.67. The molecule has 3 heteroatoms. The van der Waals surface area contributed by atoms with Gasteiger partial charge in [0.1, 0.15) is 0 Å². The van der Waals surface area contributed by atoms with E-state index in [1.54, 1.807) is 0 Å². The minimum absolute atomic E-state index is 0.259. The average Bonchev–Trinajstić information content (AvgIpc) is 3.06. The van der Waals surface area contributed by atoms with E-state index < -0.39 is 0 Å². The molecular formula is C18H29N3. The first-order valence-electron chi connectivity index (χ1n) is 8.50. The molecule has 2 heterocycles. The predicted octanol–water partition coefficient (Wildman–Crippen LogP) is 2.29. The van der Waals surface area contributed by atoms with E-state index in [-0.39, 0.29) is 5.54 Å². The minimum atomic E-state index is 0.259. The summed E-state index contributed by atoms with van der Waals surface area (Å²) in [4.78, 5) is 5.26. The Morgan fingerprint density at radius 1 is 1.14 bits per heavy atom. The van der Waals surface area contributed by atoms with Crippen LogP contribution in [0.4, 0.5) is 0 Å². The van der Waals surface area contributed by atoms with Gasteiger partial charge in [-0.3, -0.25) is 4.90 Å². The van der Waals surface area contributed by atoms with Crippen LogP contribution in [0, 0.1) is 0 Å². The molecule has 0 spiro atoms. The van der Waals surface area contributed by atoms with Crippen LogP contribution in [0.1, 0.15) is 37.7 Å². The van der Waals surface area contributed by atoms with Crippen molar-refractivity contribution >= 4 is 0 Å². The fraction of sp³-hybridized carbons (Fsp3) is 0.667. The Bertz CT molecular complexity index is 437. The molecule has 1 atom stereocenters. The normalized spacial score (nSPS) is 27.0. The van der Waals surface area contributed by atoms with Gasteiger partial charge in [0.2, 0.25) is 0 Å². The van der Waals surface area contributed by atoms with E-state index in [4.69, 9.17) is 5.73 Å². The summed E-state index contributed by atoms with van der Waals surface area (Å²) in [6.07, 6.45) is 3.75. The molecule has 2 aliphatic heterocycles. The number of nitrogens with two attached hydrogens (primary N) is 1. The van der Waals surface area contributed by atoms with Gasteiger partial charge < -0.3 is 10.6 Å². The van der Waals surface area contributed by atoms with E-state index in [9.17, 15) is 0 Å². The molecule has 0 aliphatic carbocycles. The first-order chi connectivity index (χ1) is 10.3. The number of hydrogen-bond donors (Lipinski definition) is 1. The molecule has 2 N–H and O–H groups in total. The highest BCUT2D eigenvalue weighted by molar-refractivity contribution is 5.21. The van der Waals surface area contributed by atoms with Crippen molar-refractivity contribution in [2.45, 2.75) is 37.6 Å². The summed E-state index contributed by atoms with van der Waals surface area (Å²) in [7, 11) is 0. The van der Waals surface area contributed by atoms with Gasteiger partial charge in [0.05, 0.1) is 0 Å². The van der Waals surface area contributed by atoms with Crippen molar-refractivity contribution in [3.05, 3.63) is 35.9 Å². The first kappa shape index (κ1) is 15.0. The van der Waals surface area contributed by atoms with Gasteiger partial charge in [0.15, 0.2) is 0 Å². The molecule has 1 aromatic carbocycles. The molecule has 0 amide bonds. The molecule has 1 aromatic rings. The Kier molecular flexibility index (Phi) is 4.63. The maximum atomic E-state index is 6.23. The Morgan fingerprint density at radius 3 is 2.48 bits per heavy atom. The smallest absolute Gasteiger partial charge is 0.0356 e. The van der Waals surface area contributed by atoms with Crippen LogP contribution in [0.5, 0.6) is 0 Å². The second kappa shape index (κ2) is 6.47. The molecule has 2 saturated heterocycles. The third-order valence-electron chi connectivity index (χ3n) is 5.74. The second-order valence-electron chi connectivity index (χ2n) is 6.71. The lowest BCUT2D eigenvalue weighted by Crippen LogP contribution is -2.58. The van der Waals surface area contributed by atoms with Crippen LogP contribution in [0.2, 0.25) is 0 Å². The number of likely N-dealkylation sites (tertiary alicyclic amines) is 2. The maximum absolute atomic E-state index is 6.23. The summed E-state index contributed by atoms with van der Waals surface area (Å²) in [5.74, 6) is 0.693. The van der Waals surface area contributed by atoms with E-state index in [0.717, 1.165) is 6.54 Å². The molecule has 21 heavy (non-hydrogen) atoms. The fourth-order valence-corrected chi connectivity index (χ4v) is 4.12. The highest BCUT2D eigenvalue weighted by atomic mass is 15.3. The molecule has 116 valence electrons. The molecule has 0 aromatic heterocycles. The molecule has 0 bridgehead atoms. The van der Waals surface area contributed by atoms with E-state index in [2.05, 4.69) is 47.1 Å².